The molecule has 4 nitrogen and oxygen atoms in total. The van der Waals surface area contributed by atoms with Crippen LogP contribution in [-0.2, 0) is 9.53 Å². The number of nitrogens with two attached hydrogens (primary N) is 1. The van der Waals surface area contributed by atoms with Crippen LogP contribution in [0.2, 0.25) is 0 Å². The minimum absolute atomic E-state index is 0.0572. The quantitative estimate of drug-likeness (QED) is 0.737. The number of rotatable bonds is 6. The van der Waals surface area contributed by atoms with Gasteiger partial charge in [0.25, 0.3) is 0 Å². The predicted octanol–water partition coefficient (Wildman–Crippen LogP) is 1.29. The van der Waals surface area contributed by atoms with Crippen LogP contribution in [0.25, 0.3) is 0 Å². The Balaban J connectivity index is 2.31. The smallest absolute Gasteiger partial charge is 0.223 e. The summed E-state index contributed by atoms with van der Waals surface area (Å²) in [7, 11) is 1.66. The van der Waals surface area contributed by atoms with Gasteiger partial charge in [-0.2, -0.15) is 0 Å². The number of hydrogen-bond acceptors (Lipinski definition) is 3. The Labute approximate surface area is 104 Å². The molecule has 1 aliphatic rings. The molecule has 0 aromatic heterocycles. The maximum absolute atomic E-state index is 12.0. The average Bonchev–Trinajstić information content (AvgIpc) is 2.35. The zero-order valence-electron chi connectivity index (χ0n) is 11.1. The van der Waals surface area contributed by atoms with Crippen LogP contribution in [0.4, 0.5) is 0 Å². The summed E-state index contributed by atoms with van der Waals surface area (Å²) in [5, 5.41) is 3.04. The van der Waals surface area contributed by atoms with Crippen LogP contribution in [0.5, 0.6) is 0 Å². The van der Waals surface area contributed by atoms with Crippen molar-refractivity contribution in [3.8, 4) is 0 Å². The molecule has 4 heteroatoms. The van der Waals surface area contributed by atoms with Gasteiger partial charge < -0.3 is 15.8 Å². The van der Waals surface area contributed by atoms with E-state index in [1.807, 2.05) is 0 Å². The van der Waals surface area contributed by atoms with E-state index in [1.165, 1.54) is 12.8 Å². The first-order chi connectivity index (χ1) is 8.17. The number of methoxy groups -OCH3 is 1. The Morgan fingerprint density at radius 3 is 2.59 bits per heavy atom. The van der Waals surface area contributed by atoms with Gasteiger partial charge in [0, 0.05) is 32.2 Å². The molecular formula is C13H26N2O2. The van der Waals surface area contributed by atoms with Crippen molar-refractivity contribution in [1.29, 1.82) is 0 Å². The number of ether oxygens (including phenoxy) is 1. The standard InChI is InChI=1S/C13H26N2O2/c1-10-3-5-11(6-4-10)13(16)15-12(9-14)7-8-17-2/h10-12H,3-9,14H2,1-2H3,(H,15,16). The molecule has 1 aliphatic carbocycles. The molecule has 1 saturated carbocycles. The van der Waals surface area contributed by atoms with Gasteiger partial charge in [-0.25, -0.2) is 0 Å². The lowest BCUT2D eigenvalue weighted by molar-refractivity contribution is -0.126. The van der Waals surface area contributed by atoms with Crippen LogP contribution < -0.4 is 11.1 Å². The molecule has 1 amide bonds. The lowest BCUT2D eigenvalue weighted by atomic mass is 9.82. The van der Waals surface area contributed by atoms with E-state index in [1.54, 1.807) is 7.11 Å². The van der Waals surface area contributed by atoms with Crippen LogP contribution in [0, 0.1) is 11.8 Å². The van der Waals surface area contributed by atoms with Crippen molar-refractivity contribution in [2.75, 3.05) is 20.3 Å². The molecule has 0 heterocycles. The second-order valence-corrected chi connectivity index (χ2v) is 5.18. The molecule has 3 N–H and O–H groups in total. The number of carbonyl (C=O) groups excluding carboxylic acids is 1. The van der Waals surface area contributed by atoms with Gasteiger partial charge in [-0.1, -0.05) is 6.92 Å². The zero-order chi connectivity index (χ0) is 12.7. The topological polar surface area (TPSA) is 64.3 Å². The molecule has 1 atom stereocenters. The highest BCUT2D eigenvalue weighted by Crippen LogP contribution is 2.28. The van der Waals surface area contributed by atoms with E-state index in [0.717, 1.165) is 25.2 Å². The Bertz CT molecular complexity index is 225. The largest absolute Gasteiger partial charge is 0.385 e. The molecule has 0 saturated heterocycles. The molecule has 0 radical (unpaired) electrons. The maximum atomic E-state index is 12.0. The molecule has 0 bridgehead atoms. The maximum Gasteiger partial charge on any atom is 0.223 e. The third-order valence-corrected chi connectivity index (χ3v) is 3.69. The summed E-state index contributed by atoms with van der Waals surface area (Å²) in [6.07, 6.45) is 5.18. The molecule has 17 heavy (non-hydrogen) atoms. The molecule has 0 spiro atoms. The van der Waals surface area contributed by atoms with E-state index in [2.05, 4.69) is 12.2 Å². The first-order valence-corrected chi connectivity index (χ1v) is 6.66. The molecule has 0 aromatic carbocycles. The SMILES string of the molecule is COCCC(CN)NC(=O)C1CCC(C)CC1. The molecular weight excluding hydrogens is 216 g/mol. The molecule has 1 unspecified atom stereocenters. The highest BCUT2D eigenvalue weighted by Gasteiger charge is 2.25. The number of nitrogens with one attached hydrogen (secondary N) is 1. The monoisotopic (exact) mass is 242 g/mol. The minimum Gasteiger partial charge on any atom is -0.385 e. The fourth-order valence-electron chi connectivity index (χ4n) is 2.35. The lowest BCUT2D eigenvalue weighted by Crippen LogP contribution is -2.44. The Morgan fingerprint density at radius 2 is 2.06 bits per heavy atom. The van der Waals surface area contributed by atoms with E-state index in [9.17, 15) is 4.79 Å². The van der Waals surface area contributed by atoms with Gasteiger partial charge >= 0.3 is 0 Å². The first kappa shape index (κ1) is 14.5. The van der Waals surface area contributed by atoms with Gasteiger partial charge in [-0.05, 0) is 38.0 Å². The number of hydrogen-bond donors (Lipinski definition) is 2. The molecule has 100 valence electrons. The summed E-state index contributed by atoms with van der Waals surface area (Å²) in [6.45, 7) is 3.39. The highest BCUT2D eigenvalue weighted by atomic mass is 16.5. The third-order valence-electron chi connectivity index (χ3n) is 3.69. The van der Waals surface area contributed by atoms with Crippen LogP contribution in [0.3, 0.4) is 0 Å². The Kier molecular flexibility index (Phi) is 6.52. The van der Waals surface area contributed by atoms with E-state index < -0.39 is 0 Å². The summed E-state index contributed by atoms with van der Waals surface area (Å²) in [4.78, 5) is 12.0. The van der Waals surface area contributed by atoms with Crippen molar-refractivity contribution in [2.24, 2.45) is 17.6 Å². The van der Waals surface area contributed by atoms with Gasteiger partial charge in [-0.15, -0.1) is 0 Å². The average molecular weight is 242 g/mol. The fourth-order valence-corrected chi connectivity index (χ4v) is 2.35. The summed E-state index contributed by atoms with van der Waals surface area (Å²) in [5.41, 5.74) is 5.64. The summed E-state index contributed by atoms with van der Waals surface area (Å²) in [6, 6.07) is 0.0572. The van der Waals surface area contributed by atoms with Gasteiger partial charge in [0.15, 0.2) is 0 Å². The zero-order valence-corrected chi connectivity index (χ0v) is 11.1. The van der Waals surface area contributed by atoms with E-state index >= 15 is 0 Å². The lowest BCUT2D eigenvalue weighted by Gasteiger charge is -2.27. The Hall–Kier alpha value is -0.610. The number of amides is 1. The third kappa shape index (κ3) is 5.04. The number of carbonyl (C=O) groups is 1. The molecule has 1 fully saturated rings. The second kappa shape index (κ2) is 7.67. The van der Waals surface area contributed by atoms with Gasteiger partial charge in [0.1, 0.15) is 0 Å². The predicted molar refractivity (Wildman–Crippen MR) is 68.6 cm³/mol. The van der Waals surface area contributed by atoms with E-state index in [0.29, 0.717) is 13.2 Å². The highest BCUT2D eigenvalue weighted by molar-refractivity contribution is 5.79. The van der Waals surface area contributed by atoms with E-state index in [4.69, 9.17) is 10.5 Å². The van der Waals surface area contributed by atoms with Crippen molar-refractivity contribution in [1.82, 2.24) is 5.32 Å². The molecule has 1 rings (SSSR count). The van der Waals surface area contributed by atoms with Crippen molar-refractivity contribution < 1.29 is 9.53 Å². The minimum atomic E-state index is 0.0572. The summed E-state index contributed by atoms with van der Waals surface area (Å²) >= 11 is 0. The van der Waals surface area contributed by atoms with Crippen LogP contribution in [0.15, 0.2) is 0 Å². The summed E-state index contributed by atoms with van der Waals surface area (Å²) < 4.78 is 5.01. The van der Waals surface area contributed by atoms with Gasteiger partial charge in [0.05, 0.1) is 0 Å². The van der Waals surface area contributed by atoms with Crippen LogP contribution in [-0.4, -0.2) is 32.2 Å². The van der Waals surface area contributed by atoms with E-state index in [-0.39, 0.29) is 17.9 Å². The van der Waals surface area contributed by atoms with Crippen molar-refractivity contribution >= 4 is 5.91 Å². The van der Waals surface area contributed by atoms with Crippen molar-refractivity contribution in [2.45, 2.75) is 45.1 Å². The van der Waals surface area contributed by atoms with Crippen molar-refractivity contribution in [3.05, 3.63) is 0 Å². The first-order valence-electron chi connectivity index (χ1n) is 6.66. The Morgan fingerprint density at radius 1 is 1.41 bits per heavy atom. The fraction of sp³-hybridized carbons (Fsp3) is 0.923. The van der Waals surface area contributed by atoms with Gasteiger partial charge in [-0.3, -0.25) is 4.79 Å². The second-order valence-electron chi connectivity index (χ2n) is 5.18. The van der Waals surface area contributed by atoms with Crippen LogP contribution in [0.1, 0.15) is 39.0 Å². The normalized spacial score (nSPS) is 26.5. The van der Waals surface area contributed by atoms with Gasteiger partial charge in [0.2, 0.25) is 5.91 Å². The summed E-state index contributed by atoms with van der Waals surface area (Å²) in [5.74, 6) is 1.16. The van der Waals surface area contributed by atoms with Crippen LogP contribution >= 0.6 is 0 Å². The van der Waals surface area contributed by atoms with Crippen molar-refractivity contribution in [3.63, 3.8) is 0 Å². The molecule has 0 aliphatic heterocycles. The molecule has 0 aromatic rings.